The summed E-state index contributed by atoms with van der Waals surface area (Å²) in [6, 6.07) is 0. The fourth-order valence-electron chi connectivity index (χ4n) is 0.853. The van der Waals surface area contributed by atoms with Gasteiger partial charge in [0.15, 0.2) is 11.2 Å². The fourth-order valence-corrected chi connectivity index (χ4v) is 1.00. The predicted molar refractivity (Wildman–Crippen MR) is 50.7 cm³/mol. The molecule has 0 bridgehead atoms. The fraction of sp³-hybridized carbons (Fsp3) is 0.778. The molecular formula is C9H15ClO3. The zero-order chi connectivity index (χ0) is 10.4. The van der Waals surface area contributed by atoms with Crippen LogP contribution in [0.3, 0.4) is 0 Å². The number of ether oxygens (including phenoxy) is 1. The maximum Gasteiger partial charge on any atom is 0.331 e. The number of Topliss-reactive ketones (excluding diaryl/α,β-unsaturated/α-hetero) is 1. The monoisotopic (exact) mass is 206 g/mol. The van der Waals surface area contributed by atoms with Crippen LogP contribution in [0.4, 0.5) is 0 Å². The van der Waals surface area contributed by atoms with Crippen LogP contribution >= 0.6 is 11.6 Å². The summed E-state index contributed by atoms with van der Waals surface area (Å²) in [5.74, 6) is -0.701. The molecule has 0 aromatic rings. The Bertz CT molecular complexity index is 189. The minimum absolute atomic E-state index is 0.211. The van der Waals surface area contributed by atoms with Gasteiger partial charge in [-0.1, -0.05) is 13.8 Å². The third-order valence-corrected chi connectivity index (χ3v) is 1.81. The number of esters is 1. The van der Waals surface area contributed by atoms with Crippen molar-refractivity contribution in [2.45, 2.75) is 32.6 Å². The summed E-state index contributed by atoms with van der Waals surface area (Å²) >= 11 is 5.58. The average Bonchev–Trinajstić information content (AvgIpc) is 2.02. The Morgan fingerprint density at radius 3 is 2.31 bits per heavy atom. The normalized spacial score (nSPS) is 12.7. The third kappa shape index (κ3) is 4.88. The number of alkyl halides is 1. The quantitative estimate of drug-likeness (QED) is 0.391. The van der Waals surface area contributed by atoms with Gasteiger partial charge >= 0.3 is 5.97 Å². The third-order valence-electron chi connectivity index (χ3n) is 1.39. The zero-order valence-corrected chi connectivity index (χ0v) is 8.93. The van der Waals surface area contributed by atoms with Crippen LogP contribution in [0.2, 0.25) is 0 Å². The lowest BCUT2D eigenvalue weighted by Crippen LogP contribution is -2.27. The van der Waals surface area contributed by atoms with E-state index in [1.54, 1.807) is 6.92 Å². The van der Waals surface area contributed by atoms with E-state index in [9.17, 15) is 9.59 Å². The second kappa shape index (κ2) is 5.97. The van der Waals surface area contributed by atoms with E-state index in [2.05, 4.69) is 4.74 Å². The van der Waals surface area contributed by atoms with E-state index in [1.807, 2.05) is 13.8 Å². The predicted octanol–water partition coefficient (Wildman–Crippen LogP) is 1.77. The molecular weight excluding hydrogens is 192 g/mol. The standard InChI is InChI=1S/C9H15ClO3/c1-4-13-9(12)8(10)7(11)5-6(2)3/h6,8H,4-5H2,1-3H3/t8-/m1/s1. The van der Waals surface area contributed by atoms with Crippen molar-refractivity contribution in [2.75, 3.05) is 6.61 Å². The van der Waals surface area contributed by atoms with Crippen LogP contribution in [0.15, 0.2) is 0 Å². The highest BCUT2D eigenvalue weighted by Crippen LogP contribution is 2.09. The first-order chi connectivity index (χ1) is 5.99. The van der Waals surface area contributed by atoms with Crippen LogP contribution < -0.4 is 0 Å². The minimum Gasteiger partial charge on any atom is -0.465 e. The largest absolute Gasteiger partial charge is 0.465 e. The summed E-state index contributed by atoms with van der Waals surface area (Å²) in [6.45, 7) is 5.71. The Balaban J connectivity index is 4.01. The molecule has 0 saturated carbocycles. The molecule has 0 spiro atoms. The first-order valence-electron chi connectivity index (χ1n) is 4.32. The second-order valence-electron chi connectivity index (χ2n) is 3.18. The van der Waals surface area contributed by atoms with Gasteiger partial charge in [0.25, 0.3) is 0 Å². The van der Waals surface area contributed by atoms with Crippen molar-refractivity contribution >= 4 is 23.4 Å². The maximum atomic E-state index is 11.2. The van der Waals surface area contributed by atoms with Gasteiger partial charge in [-0.25, -0.2) is 4.79 Å². The molecule has 0 radical (unpaired) electrons. The zero-order valence-electron chi connectivity index (χ0n) is 8.17. The Hall–Kier alpha value is -0.570. The lowest BCUT2D eigenvalue weighted by molar-refractivity contribution is -0.145. The van der Waals surface area contributed by atoms with Gasteiger partial charge in [0.2, 0.25) is 0 Å². The molecule has 0 N–H and O–H groups in total. The van der Waals surface area contributed by atoms with Gasteiger partial charge in [-0.05, 0) is 12.8 Å². The summed E-state index contributed by atoms with van der Waals surface area (Å²) in [5, 5.41) is -1.14. The van der Waals surface area contributed by atoms with Crippen LogP contribution in [0.25, 0.3) is 0 Å². The number of hydrogen-bond donors (Lipinski definition) is 0. The molecule has 0 saturated heterocycles. The number of carbonyl (C=O) groups excluding carboxylic acids is 2. The number of halogens is 1. The van der Waals surface area contributed by atoms with Gasteiger partial charge in [0, 0.05) is 6.42 Å². The second-order valence-corrected chi connectivity index (χ2v) is 3.62. The molecule has 3 nitrogen and oxygen atoms in total. The number of ketones is 1. The smallest absolute Gasteiger partial charge is 0.331 e. The molecule has 0 aliphatic rings. The van der Waals surface area contributed by atoms with Crippen LogP contribution in [0, 0.1) is 5.92 Å². The van der Waals surface area contributed by atoms with Gasteiger partial charge in [-0.15, -0.1) is 11.6 Å². The van der Waals surface area contributed by atoms with Crippen molar-refractivity contribution in [2.24, 2.45) is 5.92 Å². The summed E-state index contributed by atoms with van der Waals surface area (Å²) in [5.41, 5.74) is 0. The molecule has 0 aliphatic heterocycles. The van der Waals surface area contributed by atoms with E-state index in [4.69, 9.17) is 11.6 Å². The van der Waals surface area contributed by atoms with Gasteiger partial charge in [0.05, 0.1) is 6.61 Å². The van der Waals surface area contributed by atoms with Crippen LogP contribution in [-0.4, -0.2) is 23.7 Å². The molecule has 0 rings (SSSR count). The summed E-state index contributed by atoms with van der Waals surface area (Å²) < 4.78 is 4.61. The molecule has 0 amide bonds. The molecule has 0 aromatic heterocycles. The van der Waals surface area contributed by atoms with E-state index in [0.29, 0.717) is 6.42 Å². The Labute approximate surface area is 83.4 Å². The molecule has 0 heterocycles. The van der Waals surface area contributed by atoms with Crippen molar-refractivity contribution in [1.82, 2.24) is 0 Å². The highest BCUT2D eigenvalue weighted by molar-refractivity contribution is 6.41. The molecule has 76 valence electrons. The first kappa shape index (κ1) is 12.4. The topological polar surface area (TPSA) is 43.4 Å². The van der Waals surface area contributed by atoms with Gasteiger partial charge in [0.1, 0.15) is 0 Å². The van der Waals surface area contributed by atoms with Crippen molar-refractivity contribution in [3.63, 3.8) is 0 Å². The van der Waals surface area contributed by atoms with Crippen LogP contribution in [0.5, 0.6) is 0 Å². The molecule has 0 aliphatic carbocycles. The summed E-state index contributed by atoms with van der Waals surface area (Å²) in [7, 11) is 0. The lowest BCUT2D eigenvalue weighted by atomic mass is 10.1. The van der Waals surface area contributed by atoms with Crippen LogP contribution in [-0.2, 0) is 14.3 Å². The summed E-state index contributed by atoms with van der Waals surface area (Å²) in [4.78, 5) is 22.2. The highest BCUT2D eigenvalue weighted by atomic mass is 35.5. The molecule has 1 atom stereocenters. The summed E-state index contributed by atoms with van der Waals surface area (Å²) in [6.07, 6.45) is 0.312. The average molecular weight is 207 g/mol. The lowest BCUT2D eigenvalue weighted by Gasteiger charge is -2.08. The highest BCUT2D eigenvalue weighted by Gasteiger charge is 2.25. The Morgan fingerprint density at radius 2 is 1.92 bits per heavy atom. The molecule has 0 unspecified atom stereocenters. The minimum atomic E-state index is -1.14. The van der Waals surface area contributed by atoms with E-state index >= 15 is 0 Å². The number of carbonyl (C=O) groups is 2. The first-order valence-corrected chi connectivity index (χ1v) is 4.76. The number of rotatable bonds is 5. The molecule has 13 heavy (non-hydrogen) atoms. The van der Waals surface area contributed by atoms with E-state index < -0.39 is 11.3 Å². The van der Waals surface area contributed by atoms with Gasteiger partial charge < -0.3 is 4.74 Å². The Kier molecular flexibility index (Phi) is 5.71. The van der Waals surface area contributed by atoms with Gasteiger partial charge in [-0.3, -0.25) is 4.79 Å². The van der Waals surface area contributed by atoms with Crippen LogP contribution in [0.1, 0.15) is 27.2 Å². The Morgan fingerprint density at radius 1 is 1.38 bits per heavy atom. The van der Waals surface area contributed by atoms with Crippen molar-refractivity contribution in [1.29, 1.82) is 0 Å². The molecule has 0 aromatic carbocycles. The van der Waals surface area contributed by atoms with E-state index in [1.165, 1.54) is 0 Å². The van der Waals surface area contributed by atoms with E-state index in [0.717, 1.165) is 0 Å². The maximum absolute atomic E-state index is 11.2. The molecule has 4 heteroatoms. The van der Waals surface area contributed by atoms with Crippen molar-refractivity contribution in [3.05, 3.63) is 0 Å². The number of hydrogen-bond acceptors (Lipinski definition) is 3. The molecule has 0 fully saturated rings. The van der Waals surface area contributed by atoms with Gasteiger partial charge in [-0.2, -0.15) is 0 Å². The SMILES string of the molecule is CCOC(=O)[C@H](Cl)C(=O)CC(C)C. The van der Waals surface area contributed by atoms with Crippen molar-refractivity contribution < 1.29 is 14.3 Å². The van der Waals surface area contributed by atoms with Crippen molar-refractivity contribution in [3.8, 4) is 0 Å². The van der Waals surface area contributed by atoms with E-state index in [-0.39, 0.29) is 18.3 Å².